The highest BCUT2D eigenvalue weighted by Crippen LogP contribution is 2.36. The minimum Gasteiger partial charge on any atom is -0.480 e. The van der Waals surface area contributed by atoms with E-state index in [1.807, 2.05) is 0 Å². The number of carboxylic acids is 1. The Bertz CT molecular complexity index is 597. The van der Waals surface area contributed by atoms with Crippen molar-refractivity contribution in [3.8, 4) is 0 Å². The number of anilines is 1. The molecule has 1 aromatic rings. The first kappa shape index (κ1) is 14.5. The molecule has 1 heterocycles. The smallest absolute Gasteiger partial charge is 0.325 e. The molecule has 0 aromatic heterocycles. The maximum Gasteiger partial charge on any atom is 0.325 e. The number of nitrogens with zero attached hydrogens (tertiary/aromatic N) is 2. The summed E-state index contributed by atoms with van der Waals surface area (Å²) in [5.41, 5.74) is 3.79. The van der Waals surface area contributed by atoms with E-state index in [1.54, 1.807) is 0 Å². The van der Waals surface area contributed by atoms with Gasteiger partial charge in [-0.2, -0.15) is 0 Å². The number of benzene rings is 1. The molecule has 0 bridgehead atoms. The molecule has 1 unspecified atom stereocenters. The molecule has 1 aromatic carbocycles. The number of halogens is 2. The quantitative estimate of drug-likeness (QED) is 0.645. The number of hydrogen-bond donors (Lipinski definition) is 2. The summed E-state index contributed by atoms with van der Waals surface area (Å²) in [5, 5.41) is 19.7. The molecule has 1 aliphatic heterocycles. The molecule has 0 aliphatic carbocycles. The first-order chi connectivity index (χ1) is 9.24. The Morgan fingerprint density at radius 1 is 1.60 bits per heavy atom. The Morgan fingerprint density at radius 2 is 2.25 bits per heavy atom. The molecule has 0 amide bonds. The number of nitro benzene ring substituents is 1. The summed E-state index contributed by atoms with van der Waals surface area (Å²) in [6.07, 6.45) is 0.115. The summed E-state index contributed by atoms with van der Waals surface area (Å²) in [7, 11) is 0. The van der Waals surface area contributed by atoms with Crippen molar-refractivity contribution in [2.45, 2.75) is 12.0 Å². The van der Waals surface area contributed by atoms with Gasteiger partial charge in [-0.25, -0.2) is 4.39 Å². The summed E-state index contributed by atoms with van der Waals surface area (Å²) in [4.78, 5) is 22.7. The highest BCUT2D eigenvalue weighted by atomic mass is 35.5. The average molecular weight is 304 g/mol. The lowest BCUT2D eigenvalue weighted by molar-refractivity contribution is -0.384. The van der Waals surface area contributed by atoms with E-state index >= 15 is 0 Å². The molecule has 1 atom stereocenters. The van der Waals surface area contributed by atoms with Crippen molar-refractivity contribution in [2.24, 2.45) is 5.73 Å². The van der Waals surface area contributed by atoms with Crippen molar-refractivity contribution in [2.75, 3.05) is 18.0 Å². The van der Waals surface area contributed by atoms with Gasteiger partial charge >= 0.3 is 5.97 Å². The van der Waals surface area contributed by atoms with Crippen molar-refractivity contribution in [3.05, 3.63) is 33.1 Å². The van der Waals surface area contributed by atoms with Crippen LogP contribution >= 0.6 is 11.6 Å². The van der Waals surface area contributed by atoms with E-state index < -0.39 is 22.2 Å². The molecule has 7 nitrogen and oxygen atoms in total. The topological polar surface area (TPSA) is 110 Å². The molecule has 1 fully saturated rings. The second-order valence-electron chi connectivity index (χ2n) is 4.64. The fraction of sp³-hybridized carbons (Fsp3) is 0.364. The van der Waals surface area contributed by atoms with E-state index in [9.17, 15) is 19.3 Å². The summed E-state index contributed by atoms with van der Waals surface area (Å²) in [5.74, 6) is -2.01. The maximum atomic E-state index is 13.5. The minimum atomic E-state index is -1.50. The molecule has 1 saturated heterocycles. The third-order valence-electron chi connectivity index (χ3n) is 3.28. The van der Waals surface area contributed by atoms with Crippen LogP contribution in [0.2, 0.25) is 5.02 Å². The van der Waals surface area contributed by atoms with Gasteiger partial charge in [0.25, 0.3) is 5.69 Å². The summed E-state index contributed by atoms with van der Waals surface area (Å²) in [6, 6.07) is 1.83. The third-order valence-corrected chi connectivity index (χ3v) is 3.57. The molecule has 108 valence electrons. The van der Waals surface area contributed by atoms with Crippen molar-refractivity contribution < 1.29 is 19.2 Å². The van der Waals surface area contributed by atoms with Crippen LogP contribution in [0, 0.1) is 15.9 Å². The number of hydrogen-bond acceptors (Lipinski definition) is 5. The normalized spacial score (nSPS) is 22.1. The molecule has 9 heteroatoms. The maximum absolute atomic E-state index is 13.5. The van der Waals surface area contributed by atoms with Crippen LogP contribution in [0.25, 0.3) is 0 Å². The van der Waals surface area contributed by atoms with Gasteiger partial charge in [-0.15, -0.1) is 0 Å². The first-order valence-electron chi connectivity index (χ1n) is 5.65. The van der Waals surface area contributed by atoms with Crippen molar-refractivity contribution in [3.63, 3.8) is 0 Å². The van der Waals surface area contributed by atoms with Crippen LogP contribution in [-0.2, 0) is 4.79 Å². The number of aliphatic carboxylic acids is 1. The predicted octanol–water partition coefficient (Wildman–Crippen LogP) is 1.38. The van der Waals surface area contributed by atoms with Gasteiger partial charge < -0.3 is 15.7 Å². The average Bonchev–Trinajstić information content (AvgIpc) is 2.76. The number of rotatable bonds is 3. The van der Waals surface area contributed by atoms with Crippen LogP contribution in [0.5, 0.6) is 0 Å². The Morgan fingerprint density at radius 3 is 2.75 bits per heavy atom. The van der Waals surface area contributed by atoms with Gasteiger partial charge in [0.15, 0.2) is 0 Å². The lowest BCUT2D eigenvalue weighted by Crippen LogP contribution is -2.50. The van der Waals surface area contributed by atoms with E-state index in [4.69, 9.17) is 22.4 Å². The van der Waals surface area contributed by atoms with E-state index in [0.717, 1.165) is 12.1 Å². The molecule has 0 radical (unpaired) electrons. The largest absolute Gasteiger partial charge is 0.480 e. The van der Waals surface area contributed by atoms with Crippen LogP contribution in [0.15, 0.2) is 12.1 Å². The molecule has 3 N–H and O–H groups in total. The van der Waals surface area contributed by atoms with Crippen LogP contribution in [-0.4, -0.2) is 34.6 Å². The second-order valence-corrected chi connectivity index (χ2v) is 5.05. The Balaban J connectivity index is 2.42. The molecule has 20 heavy (non-hydrogen) atoms. The van der Waals surface area contributed by atoms with Gasteiger partial charge in [0, 0.05) is 25.2 Å². The van der Waals surface area contributed by atoms with Gasteiger partial charge in [-0.3, -0.25) is 14.9 Å². The molecule has 1 aliphatic rings. The SMILES string of the molecule is NC1(C(=O)O)CCN(c2cc(F)c(Cl)cc2[N+](=O)[O-])C1. The van der Waals surface area contributed by atoms with Crippen LogP contribution in [0.1, 0.15) is 6.42 Å². The summed E-state index contributed by atoms with van der Waals surface area (Å²) >= 11 is 5.53. The van der Waals surface area contributed by atoms with Crippen LogP contribution in [0.3, 0.4) is 0 Å². The first-order valence-corrected chi connectivity index (χ1v) is 6.03. The fourth-order valence-corrected chi connectivity index (χ4v) is 2.30. The van der Waals surface area contributed by atoms with E-state index in [-0.39, 0.29) is 35.9 Å². The second kappa shape index (κ2) is 4.88. The molecular formula is C11H11ClFN3O4. The lowest BCUT2D eigenvalue weighted by atomic mass is 10.0. The lowest BCUT2D eigenvalue weighted by Gasteiger charge is -2.21. The molecular weight excluding hydrogens is 293 g/mol. The highest BCUT2D eigenvalue weighted by Gasteiger charge is 2.43. The van der Waals surface area contributed by atoms with Gasteiger partial charge in [0.1, 0.15) is 17.0 Å². The standard InChI is InChI=1S/C11H11ClFN3O4/c12-6-3-9(16(19)20)8(4-7(6)13)15-2-1-11(14,5-15)10(17)18/h3-4H,1-2,5,14H2,(H,17,18). The highest BCUT2D eigenvalue weighted by molar-refractivity contribution is 6.31. The monoisotopic (exact) mass is 303 g/mol. The Hall–Kier alpha value is -1.93. The number of carbonyl (C=O) groups is 1. The minimum absolute atomic E-state index is 0.0227. The van der Waals surface area contributed by atoms with Crippen molar-refractivity contribution in [1.29, 1.82) is 0 Å². The van der Waals surface area contributed by atoms with Gasteiger partial charge in [-0.1, -0.05) is 11.6 Å². The van der Waals surface area contributed by atoms with E-state index in [2.05, 4.69) is 0 Å². The Kier molecular flexibility index (Phi) is 3.53. The fourth-order valence-electron chi connectivity index (χ4n) is 2.14. The summed E-state index contributed by atoms with van der Waals surface area (Å²) in [6.45, 7) is 0.0506. The molecule has 2 rings (SSSR count). The number of nitrogens with two attached hydrogens (primary N) is 1. The predicted molar refractivity (Wildman–Crippen MR) is 69.4 cm³/mol. The Labute approximate surface area is 117 Å². The molecule has 0 saturated carbocycles. The van der Waals surface area contributed by atoms with E-state index in [1.165, 1.54) is 4.90 Å². The number of nitro groups is 1. The summed E-state index contributed by atoms with van der Waals surface area (Å²) < 4.78 is 13.5. The zero-order chi connectivity index (χ0) is 15.1. The van der Waals surface area contributed by atoms with Gasteiger partial charge in [-0.05, 0) is 6.42 Å². The van der Waals surface area contributed by atoms with Crippen molar-refractivity contribution >= 4 is 28.9 Å². The van der Waals surface area contributed by atoms with E-state index in [0.29, 0.717) is 0 Å². The van der Waals surface area contributed by atoms with Gasteiger partial charge in [0.05, 0.1) is 9.95 Å². The van der Waals surface area contributed by atoms with Crippen LogP contribution < -0.4 is 10.6 Å². The zero-order valence-electron chi connectivity index (χ0n) is 10.2. The van der Waals surface area contributed by atoms with Crippen LogP contribution in [0.4, 0.5) is 15.8 Å². The van der Waals surface area contributed by atoms with Crippen molar-refractivity contribution in [1.82, 2.24) is 0 Å². The molecule has 0 spiro atoms. The zero-order valence-corrected chi connectivity index (χ0v) is 10.9. The number of carboxylic acid groups (broad SMARTS) is 1. The third kappa shape index (κ3) is 2.39. The van der Waals surface area contributed by atoms with Gasteiger partial charge in [0.2, 0.25) is 0 Å².